The highest BCUT2D eigenvalue weighted by molar-refractivity contribution is 8.00. The fourth-order valence-electron chi connectivity index (χ4n) is 2.54. The number of ether oxygens (including phenoxy) is 2. The lowest BCUT2D eigenvalue weighted by atomic mass is 10.2. The van der Waals surface area contributed by atoms with E-state index in [1.54, 1.807) is 30.3 Å². The summed E-state index contributed by atoms with van der Waals surface area (Å²) in [7, 11) is 0. The monoisotopic (exact) mass is 460 g/mol. The number of carbonyl (C=O) groups excluding carboxylic acids is 1. The average Bonchev–Trinajstić information content (AvgIpc) is 3.21. The third kappa shape index (κ3) is 6.15. The highest BCUT2D eigenvalue weighted by Crippen LogP contribution is 2.31. The van der Waals surface area contributed by atoms with Crippen molar-refractivity contribution in [3.8, 4) is 11.5 Å². The van der Waals surface area contributed by atoms with Gasteiger partial charge >= 0.3 is 0 Å². The number of carbonyl (C=O) groups is 1. The number of nitro benzene ring substituents is 1. The van der Waals surface area contributed by atoms with Gasteiger partial charge in [-0.2, -0.15) is 0 Å². The van der Waals surface area contributed by atoms with Crippen LogP contribution in [0.25, 0.3) is 0 Å². The predicted octanol–water partition coefficient (Wildman–Crippen LogP) is 4.79. The number of amides is 1. The van der Waals surface area contributed by atoms with Crippen LogP contribution in [0.1, 0.15) is 29.8 Å². The first-order valence-corrected chi connectivity index (χ1v) is 11.2. The Morgan fingerprint density at radius 3 is 2.48 bits per heavy atom. The Labute approximate surface area is 186 Å². The van der Waals surface area contributed by atoms with Gasteiger partial charge in [0.15, 0.2) is 15.8 Å². The molecule has 1 N–H and O–H groups in total. The maximum Gasteiger partial charge on any atom is 0.269 e. The zero-order valence-corrected chi connectivity index (χ0v) is 18.5. The molecule has 9 nitrogen and oxygen atoms in total. The summed E-state index contributed by atoms with van der Waals surface area (Å²) in [6.45, 7) is 4.69. The van der Waals surface area contributed by atoms with Crippen LogP contribution in [0.4, 0.5) is 10.8 Å². The van der Waals surface area contributed by atoms with Gasteiger partial charge in [-0.25, -0.2) is 0 Å². The zero-order chi connectivity index (χ0) is 22.2. The van der Waals surface area contributed by atoms with Crippen molar-refractivity contribution in [2.24, 2.45) is 0 Å². The molecular weight excluding hydrogens is 440 g/mol. The van der Waals surface area contributed by atoms with Gasteiger partial charge in [-0.1, -0.05) is 35.2 Å². The van der Waals surface area contributed by atoms with Gasteiger partial charge in [0, 0.05) is 23.4 Å². The Morgan fingerprint density at radius 1 is 1.10 bits per heavy atom. The van der Waals surface area contributed by atoms with Gasteiger partial charge in [-0.15, -0.1) is 10.2 Å². The van der Waals surface area contributed by atoms with E-state index in [9.17, 15) is 14.9 Å². The topological polar surface area (TPSA) is 116 Å². The lowest BCUT2D eigenvalue weighted by Crippen LogP contribution is -2.12. The minimum Gasteiger partial charge on any atom is -0.490 e. The summed E-state index contributed by atoms with van der Waals surface area (Å²) in [5.74, 6) is 1.35. The molecule has 1 heterocycles. The van der Waals surface area contributed by atoms with Gasteiger partial charge < -0.3 is 9.47 Å². The van der Waals surface area contributed by atoms with Crippen LogP contribution in [0.5, 0.6) is 11.5 Å². The minimum absolute atomic E-state index is 0.0523. The highest BCUT2D eigenvalue weighted by Gasteiger charge is 2.14. The van der Waals surface area contributed by atoms with E-state index < -0.39 is 4.92 Å². The Bertz CT molecular complexity index is 1060. The molecule has 0 aliphatic carbocycles. The van der Waals surface area contributed by atoms with Crippen molar-refractivity contribution in [3.05, 3.63) is 63.7 Å². The average molecular weight is 461 g/mol. The van der Waals surface area contributed by atoms with Gasteiger partial charge in [0.2, 0.25) is 5.13 Å². The number of rotatable bonds is 10. The molecule has 0 aliphatic rings. The molecule has 3 rings (SSSR count). The van der Waals surface area contributed by atoms with Crippen LogP contribution in [-0.2, 0) is 5.75 Å². The molecule has 0 saturated heterocycles. The van der Waals surface area contributed by atoms with Crippen LogP contribution in [-0.4, -0.2) is 34.2 Å². The Morgan fingerprint density at radius 2 is 1.81 bits per heavy atom. The molecule has 0 spiro atoms. The number of nitrogens with zero attached hydrogens (tertiary/aromatic N) is 3. The second kappa shape index (κ2) is 10.7. The number of nitro groups is 1. The van der Waals surface area contributed by atoms with E-state index in [-0.39, 0.29) is 11.6 Å². The lowest BCUT2D eigenvalue weighted by Gasteiger charge is -2.12. The van der Waals surface area contributed by atoms with Crippen LogP contribution in [0.15, 0.2) is 46.8 Å². The van der Waals surface area contributed by atoms with E-state index in [0.717, 1.165) is 5.56 Å². The molecule has 0 bridgehead atoms. The Kier molecular flexibility index (Phi) is 7.79. The largest absolute Gasteiger partial charge is 0.490 e. The summed E-state index contributed by atoms with van der Waals surface area (Å²) >= 11 is 2.69. The van der Waals surface area contributed by atoms with Crippen LogP contribution in [0.2, 0.25) is 0 Å². The van der Waals surface area contributed by atoms with E-state index in [4.69, 9.17) is 9.47 Å². The molecule has 0 radical (unpaired) electrons. The summed E-state index contributed by atoms with van der Waals surface area (Å²) < 4.78 is 11.7. The SMILES string of the molecule is CCOc1ccc(C(=O)Nc2nnc(SCc3ccc([N+](=O)[O-])cc3)s2)cc1OCC. The molecular formula is C20H20N4O5S2. The summed E-state index contributed by atoms with van der Waals surface area (Å²) in [5.41, 5.74) is 1.40. The van der Waals surface area contributed by atoms with E-state index in [1.165, 1.54) is 35.2 Å². The second-order valence-corrected chi connectivity index (χ2v) is 8.27. The molecule has 3 aromatic rings. The molecule has 2 aromatic carbocycles. The van der Waals surface area contributed by atoms with Gasteiger partial charge in [-0.3, -0.25) is 20.2 Å². The fraction of sp³-hybridized carbons (Fsp3) is 0.250. The third-order valence-corrected chi connectivity index (χ3v) is 5.99. The van der Waals surface area contributed by atoms with Gasteiger partial charge in [0.1, 0.15) is 0 Å². The molecule has 11 heteroatoms. The first-order valence-electron chi connectivity index (χ1n) is 9.40. The number of anilines is 1. The summed E-state index contributed by atoms with van der Waals surface area (Å²) in [6.07, 6.45) is 0. The smallest absolute Gasteiger partial charge is 0.269 e. The molecule has 0 saturated carbocycles. The number of benzene rings is 2. The Hall–Kier alpha value is -3.18. The molecule has 0 aliphatic heterocycles. The Balaban J connectivity index is 1.60. The van der Waals surface area contributed by atoms with Crippen molar-refractivity contribution in [2.45, 2.75) is 23.9 Å². The second-order valence-electron chi connectivity index (χ2n) is 6.07. The first kappa shape index (κ1) is 22.5. The van der Waals surface area contributed by atoms with Crippen LogP contribution < -0.4 is 14.8 Å². The van der Waals surface area contributed by atoms with Gasteiger partial charge in [0.25, 0.3) is 11.6 Å². The van der Waals surface area contributed by atoms with Crippen molar-refractivity contribution >= 4 is 39.8 Å². The van der Waals surface area contributed by atoms with Crippen molar-refractivity contribution < 1.29 is 19.2 Å². The minimum atomic E-state index is -0.432. The van der Waals surface area contributed by atoms with Gasteiger partial charge in [-0.05, 0) is 37.6 Å². The zero-order valence-electron chi connectivity index (χ0n) is 16.9. The van der Waals surface area contributed by atoms with E-state index in [2.05, 4.69) is 15.5 Å². The number of hydrogen-bond donors (Lipinski definition) is 1. The van der Waals surface area contributed by atoms with Crippen LogP contribution in [0.3, 0.4) is 0 Å². The van der Waals surface area contributed by atoms with Crippen molar-refractivity contribution in [2.75, 3.05) is 18.5 Å². The molecule has 0 atom stereocenters. The fourth-order valence-corrected chi connectivity index (χ4v) is 4.24. The van der Waals surface area contributed by atoms with Crippen molar-refractivity contribution in [1.82, 2.24) is 10.2 Å². The normalized spacial score (nSPS) is 10.5. The van der Waals surface area contributed by atoms with Gasteiger partial charge in [0.05, 0.1) is 18.1 Å². The molecule has 0 unspecified atom stereocenters. The quantitative estimate of drug-likeness (QED) is 0.199. The molecule has 31 heavy (non-hydrogen) atoms. The number of hydrogen-bond acceptors (Lipinski definition) is 9. The highest BCUT2D eigenvalue weighted by atomic mass is 32.2. The standard InChI is InChI=1S/C20H20N4O5S2/c1-3-28-16-10-7-14(11-17(16)29-4-2)18(25)21-19-22-23-20(31-19)30-12-13-5-8-15(9-6-13)24(26)27/h5-11H,3-4,12H2,1-2H3,(H,21,22,25). The molecule has 162 valence electrons. The predicted molar refractivity (Wildman–Crippen MR) is 119 cm³/mol. The van der Waals surface area contributed by atoms with Crippen LogP contribution in [0, 0.1) is 10.1 Å². The third-order valence-electron chi connectivity index (χ3n) is 3.94. The van der Waals surface area contributed by atoms with Crippen molar-refractivity contribution in [3.63, 3.8) is 0 Å². The maximum absolute atomic E-state index is 12.6. The molecule has 1 amide bonds. The van der Waals surface area contributed by atoms with E-state index >= 15 is 0 Å². The van der Waals surface area contributed by atoms with Crippen molar-refractivity contribution in [1.29, 1.82) is 0 Å². The maximum atomic E-state index is 12.6. The summed E-state index contributed by atoms with van der Waals surface area (Å²) in [6, 6.07) is 11.3. The number of non-ortho nitro benzene ring substituents is 1. The number of thioether (sulfide) groups is 1. The summed E-state index contributed by atoms with van der Waals surface area (Å²) in [5, 5.41) is 21.9. The van der Waals surface area contributed by atoms with Crippen LogP contribution >= 0.6 is 23.1 Å². The number of aromatic nitrogens is 2. The first-order chi connectivity index (χ1) is 15.0. The molecule has 0 fully saturated rings. The lowest BCUT2D eigenvalue weighted by molar-refractivity contribution is -0.384. The van der Waals surface area contributed by atoms with E-state index in [0.29, 0.717) is 45.5 Å². The van der Waals surface area contributed by atoms with E-state index in [1.807, 2.05) is 13.8 Å². The molecule has 1 aromatic heterocycles. The number of nitrogens with one attached hydrogen (secondary N) is 1. The summed E-state index contributed by atoms with van der Waals surface area (Å²) in [4.78, 5) is 22.9.